The van der Waals surface area contributed by atoms with Crippen molar-refractivity contribution >= 4 is 29.4 Å². The van der Waals surface area contributed by atoms with E-state index in [2.05, 4.69) is 15.2 Å². The Balaban J connectivity index is 1.62. The number of aliphatic hydroxyl groups excluding tert-OH is 3. The van der Waals surface area contributed by atoms with E-state index in [0.717, 1.165) is 0 Å². The number of aromatic nitrogens is 2. The van der Waals surface area contributed by atoms with E-state index >= 15 is 0 Å². The molecular weight excluding hydrogens is 526 g/mol. The summed E-state index contributed by atoms with van der Waals surface area (Å²) >= 11 is 5.97. The Morgan fingerprint density at radius 2 is 1.79 bits per heavy atom. The molecule has 5 atom stereocenters. The number of carbonyl (C=O) groups excluding carboxylic acids is 1. The Kier molecular flexibility index (Phi) is 8.34. The lowest BCUT2D eigenvalue weighted by molar-refractivity contribution is -0.271. The summed E-state index contributed by atoms with van der Waals surface area (Å²) < 4.78 is 22.8. The van der Waals surface area contributed by atoms with Gasteiger partial charge >= 0.3 is 12.1 Å². The minimum absolute atomic E-state index is 0.0739. The van der Waals surface area contributed by atoms with Gasteiger partial charge in [-0.2, -0.15) is 0 Å². The highest BCUT2D eigenvalue weighted by atomic mass is 35.5. The fourth-order valence-corrected chi connectivity index (χ4v) is 3.72. The molecule has 1 aromatic heterocycles. The van der Waals surface area contributed by atoms with Crippen LogP contribution in [0, 0.1) is 0 Å². The largest absolute Gasteiger partial charge is 0.479 e. The fourth-order valence-electron chi connectivity index (χ4n) is 3.60. The molecule has 2 aromatic carbocycles. The lowest BCUT2D eigenvalue weighted by Gasteiger charge is -2.38. The van der Waals surface area contributed by atoms with Crippen LogP contribution < -0.4 is 14.8 Å². The van der Waals surface area contributed by atoms with E-state index in [9.17, 15) is 30.0 Å². The van der Waals surface area contributed by atoms with Crippen LogP contribution in [0.5, 0.6) is 11.6 Å². The van der Waals surface area contributed by atoms with Crippen LogP contribution in [0.25, 0.3) is 5.69 Å². The zero-order valence-corrected chi connectivity index (χ0v) is 20.6. The van der Waals surface area contributed by atoms with Crippen LogP contribution in [0.1, 0.15) is 5.56 Å². The standard InChI is InChI=1S/C24H24ClN3O10/c1-35-24(34)26-15-5-3-2-4-12(15)11-36-21-16(10-28(27-21)14-8-6-13(25)7-9-14)37-23-19(31)17(29)18(30)20(38-23)22(32)33/h2-10,17-20,23,29-31H,11H2,1H3,(H,26,34)(H,32,33)/t17-,18-,19+,20-,23+/m0/s1. The van der Waals surface area contributed by atoms with E-state index in [1.165, 1.54) is 18.0 Å². The molecule has 3 aromatic rings. The number of carbonyl (C=O) groups is 2. The van der Waals surface area contributed by atoms with Gasteiger partial charge < -0.3 is 39.4 Å². The molecule has 0 saturated carbocycles. The second-order valence-electron chi connectivity index (χ2n) is 8.13. The summed E-state index contributed by atoms with van der Waals surface area (Å²) in [6.07, 6.45) is -8.36. The van der Waals surface area contributed by atoms with Gasteiger partial charge in [0.2, 0.25) is 12.0 Å². The molecule has 13 nitrogen and oxygen atoms in total. The van der Waals surface area contributed by atoms with Gasteiger partial charge in [0.1, 0.15) is 24.9 Å². The Hall–Kier alpha value is -3.88. The molecule has 38 heavy (non-hydrogen) atoms. The lowest BCUT2D eigenvalue weighted by Crippen LogP contribution is -2.61. The average Bonchev–Trinajstić information content (AvgIpc) is 3.31. The summed E-state index contributed by atoms with van der Waals surface area (Å²) in [5.41, 5.74) is 1.54. The van der Waals surface area contributed by atoms with Gasteiger partial charge in [-0.25, -0.2) is 14.3 Å². The number of para-hydroxylation sites is 1. The van der Waals surface area contributed by atoms with Gasteiger partial charge in [-0.1, -0.05) is 29.8 Å². The van der Waals surface area contributed by atoms with Crippen molar-refractivity contribution < 1.29 is 49.0 Å². The van der Waals surface area contributed by atoms with Crippen LogP contribution in [-0.4, -0.2) is 80.1 Å². The first-order valence-electron chi connectivity index (χ1n) is 11.2. The number of nitrogens with zero attached hydrogens (tertiary/aromatic N) is 2. The van der Waals surface area contributed by atoms with E-state index in [1.54, 1.807) is 48.5 Å². The molecule has 1 aliphatic rings. The zero-order valence-electron chi connectivity index (χ0n) is 19.8. The number of aliphatic hydroxyl groups is 3. The summed E-state index contributed by atoms with van der Waals surface area (Å²) in [5.74, 6) is -1.72. The quantitative estimate of drug-likeness (QED) is 0.275. The van der Waals surface area contributed by atoms with Crippen molar-refractivity contribution in [1.29, 1.82) is 0 Å². The number of carboxylic acids is 1. The minimum Gasteiger partial charge on any atom is -0.479 e. The van der Waals surface area contributed by atoms with Gasteiger partial charge in [-0.05, 0) is 30.3 Å². The normalized spacial score (nSPS) is 22.9. The molecule has 2 heterocycles. The van der Waals surface area contributed by atoms with Crippen molar-refractivity contribution in [2.45, 2.75) is 37.3 Å². The molecule has 1 aliphatic heterocycles. The summed E-state index contributed by atoms with van der Waals surface area (Å²) in [6, 6.07) is 13.4. The van der Waals surface area contributed by atoms with Crippen molar-refractivity contribution in [3.8, 4) is 17.3 Å². The van der Waals surface area contributed by atoms with Crippen LogP contribution in [0.4, 0.5) is 10.5 Å². The number of methoxy groups -OCH3 is 1. The molecular formula is C24H24ClN3O10. The number of hydrogen-bond donors (Lipinski definition) is 5. The van der Waals surface area contributed by atoms with Crippen LogP contribution in [-0.2, 0) is 20.9 Å². The minimum atomic E-state index is -1.88. The molecule has 1 saturated heterocycles. The predicted octanol–water partition coefficient (Wildman–Crippen LogP) is 1.55. The molecule has 0 aliphatic carbocycles. The van der Waals surface area contributed by atoms with E-state index < -0.39 is 42.8 Å². The third-order valence-electron chi connectivity index (χ3n) is 5.60. The van der Waals surface area contributed by atoms with Gasteiger partial charge in [-0.15, -0.1) is 5.10 Å². The van der Waals surface area contributed by atoms with Crippen molar-refractivity contribution in [3.63, 3.8) is 0 Å². The smallest absolute Gasteiger partial charge is 0.411 e. The number of benzene rings is 2. The maximum Gasteiger partial charge on any atom is 0.411 e. The van der Waals surface area contributed by atoms with E-state index in [0.29, 0.717) is 22.0 Å². The number of nitrogens with one attached hydrogen (secondary N) is 1. The van der Waals surface area contributed by atoms with Crippen molar-refractivity contribution in [2.24, 2.45) is 0 Å². The number of rotatable bonds is 8. The molecule has 14 heteroatoms. The number of carboxylic acid groups (broad SMARTS) is 1. The lowest BCUT2D eigenvalue weighted by atomic mass is 9.99. The zero-order chi connectivity index (χ0) is 27.4. The van der Waals surface area contributed by atoms with Crippen molar-refractivity contribution in [1.82, 2.24) is 9.78 Å². The van der Waals surface area contributed by atoms with Crippen LogP contribution in [0.3, 0.4) is 0 Å². The molecule has 0 spiro atoms. The van der Waals surface area contributed by atoms with Crippen LogP contribution in [0.2, 0.25) is 5.02 Å². The second-order valence-corrected chi connectivity index (χ2v) is 8.57. The molecule has 4 rings (SSSR count). The topological polar surface area (TPSA) is 182 Å². The summed E-state index contributed by atoms with van der Waals surface area (Å²) in [6.45, 7) is -0.0959. The number of hydrogen-bond acceptors (Lipinski definition) is 10. The number of ether oxygens (including phenoxy) is 4. The monoisotopic (exact) mass is 549 g/mol. The molecule has 1 amide bonds. The highest BCUT2D eigenvalue weighted by Gasteiger charge is 2.48. The first-order chi connectivity index (χ1) is 18.2. The fraction of sp³-hybridized carbons (Fsp3) is 0.292. The predicted molar refractivity (Wildman–Crippen MR) is 130 cm³/mol. The highest BCUT2D eigenvalue weighted by Crippen LogP contribution is 2.32. The number of amides is 1. The molecule has 0 unspecified atom stereocenters. The van der Waals surface area contributed by atoms with Gasteiger partial charge in [0.05, 0.1) is 24.7 Å². The number of anilines is 1. The van der Waals surface area contributed by atoms with Crippen LogP contribution >= 0.6 is 11.6 Å². The van der Waals surface area contributed by atoms with Gasteiger partial charge in [0.15, 0.2) is 6.10 Å². The Morgan fingerprint density at radius 3 is 2.47 bits per heavy atom. The van der Waals surface area contributed by atoms with Gasteiger partial charge in [0, 0.05) is 10.6 Å². The maximum atomic E-state index is 11.7. The van der Waals surface area contributed by atoms with Gasteiger partial charge in [-0.3, -0.25) is 5.32 Å². The third kappa shape index (κ3) is 5.98. The van der Waals surface area contributed by atoms with E-state index in [-0.39, 0.29) is 18.2 Å². The second kappa shape index (κ2) is 11.7. The first-order valence-corrected chi connectivity index (χ1v) is 11.6. The molecule has 5 N–H and O–H groups in total. The summed E-state index contributed by atoms with van der Waals surface area (Å²) in [4.78, 5) is 23.1. The Morgan fingerprint density at radius 1 is 1.08 bits per heavy atom. The number of aliphatic carboxylic acids is 1. The molecule has 0 radical (unpaired) electrons. The Labute approximate surface area is 220 Å². The third-order valence-corrected chi connectivity index (χ3v) is 5.85. The maximum absolute atomic E-state index is 11.7. The SMILES string of the molecule is COC(=O)Nc1ccccc1COc1nn(-c2ccc(Cl)cc2)cc1O[C@@H]1O[C@H](C(=O)O)[C@@H](O)[C@H](O)[C@H]1O. The molecule has 202 valence electrons. The highest BCUT2D eigenvalue weighted by molar-refractivity contribution is 6.30. The average molecular weight is 550 g/mol. The van der Waals surface area contributed by atoms with E-state index in [4.69, 9.17) is 25.8 Å². The first kappa shape index (κ1) is 27.2. The molecule has 0 bridgehead atoms. The van der Waals surface area contributed by atoms with Crippen molar-refractivity contribution in [2.75, 3.05) is 12.4 Å². The number of halogens is 1. The summed E-state index contributed by atoms with van der Waals surface area (Å²) in [5, 5.41) is 47.2. The van der Waals surface area contributed by atoms with Crippen LogP contribution in [0.15, 0.2) is 54.7 Å². The van der Waals surface area contributed by atoms with Gasteiger partial charge in [0.25, 0.3) is 5.88 Å². The molecule has 1 fully saturated rings. The van der Waals surface area contributed by atoms with E-state index in [1.807, 2.05) is 0 Å². The van der Waals surface area contributed by atoms with Crippen molar-refractivity contribution in [3.05, 3.63) is 65.3 Å². The summed E-state index contributed by atoms with van der Waals surface area (Å²) in [7, 11) is 1.23. The Bertz CT molecular complexity index is 1280.